The standard InChI is InChI=1S/C15H20N2O2S2/c1-11(2)17-21(18,19)15-6-4-14(5-7-15)16-8-13-10-20-9-12(13)3/h4-7,9-11,16-17H,8H2,1-3H3. The second kappa shape index (κ2) is 6.60. The molecule has 1 aromatic heterocycles. The maximum Gasteiger partial charge on any atom is 0.240 e. The second-order valence-corrected chi connectivity index (χ2v) is 7.69. The molecule has 0 saturated carbocycles. The van der Waals surface area contributed by atoms with Crippen molar-refractivity contribution in [3.63, 3.8) is 0 Å². The Kier molecular flexibility index (Phi) is 5.03. The van der Waals surface area contributed by atoms with Crippen molar-refractivity contribution in [1.82, 2.24) is 4.72 Å². The van der Waals surface area contributed by atoms with E-state index in [1.165, 1.54) is 11.1 Å². The molecule has 0 amide bonds. The fourth-order valence-corrected chi connectivity index (χ4v) is 4.00. The third-order valence-corrected chi connectivity index (χ3v) is 5.58. The van der Waals surface area contributed by atoms with Crippen LogP contribution in [0.1, 0.15) is 25.0 Å². The van der Waals surface area contributed by atoms with E-state index in [0.717, 1.165) is 12.2 Å². The third-order valence-electron chi connectivity index (χ3n) is 3.00. The minimum absolute atomic E-state index is 0.116. The molecule has 1 heterocycles. The van der Waals surface area contributed by atoms with Gasteiger partial charge in [0.15, 0.2) is 0 Å². The monoisotopic (exact) mass is 324 g/mol. The number of sulfonamides is 1. The number of rotatable bonds is 6. The first-order valence-electron chi connectivity index (χ1n) is 6.76. The predicted molar refractivity (Wildman–Crippen MR) is 88.3 cm³/mol. The van der Waals surface area contributed by atoms with Crippen LogP contribution in [0, 0.1) is 6.92 Å². The molecule has 0 fully saturated rings. The van der Waals surface area contributed by atoms with Gasteiger partial charge in [0, 0.05) is 18.3 Å². The molecule has 2 N–H and O–H groups in total. The molecule has 0 aliphatic rings. The second-order valence-electron chi connectivity index (χ2n) is 5.23. The van der Waals surface area contributed by atoms with Crippen molar-refractivity contribution in [2.24, 2.45) is 0 Å². The van der Waals surface area contributed by atoms with Gasteiger partial charge in [0.05, 0.1) is 4.90 Å². The van der Waals surface area contributed by atoms with E-state index in [-0.39, 0.29) is 10.9 Å². The van der Waals surface area contributed by atoms with Crippen molar-refractivity contribution in [3.8, 4) is 0 Å². The lowest BCUT2D eigenvalue weighted by Gasteiger charge is -2.11. The van der Waals surface area contributed by atoms with Crippen LogP contribution in [0.15, 0.2) is 39.9 Å². The zero-order valence-corrected chi connectivity index (χ0v) is 14.0. The highest BCUT2D eigenvalue weighted by atomic mass is 32.2. The van der Waals surface area contributed by atoms with Crippen LogP contribution in [0.25, 0.3) is 0 Å². The normalized spacial score (nSPS) is 11.8. The Labute approximate surface area is 130 Å². The van der Waals surface area contributed by atoms with E-state index in [1.54, 1.807) is 49.4 Å². The van der Waals surface area contributed by atoms with E-state index >= 15 is 0 Å². The summed E-state index contributed by atoms with van der Waals surface area (Å²) in [5.74, 6) is 0. The number of hydrogen-bond acceptors (Lipinski definition) is 4. The van der Waals surface area contributed by atoms with Crippen LogP contribution >= 0.6 is 11.3 Å². The molecule has 2 rings (SSSR count). The topological polar surface area (TPSA) is 58.2 Å². The first kappa shape index (κ1) is 16.0. The number of nitrogens with one attached hydrogen (secondary N) is 2. The zero-order chi connectivity index (χ0) is 15.5. The number of thiophene rings is 1. The van der Waals surface area contributed by atoms with E-state index in [1.807, 2.05) is 0 Å². The average molecular weight is 324 g/mol. The maximum atomic E-state index is 12.0. The summed E-state index contributed by atoms with van der Waals surface area (Å²) in [7, 11) is -3.42. The van der Waals surface area contributed by atoms with Crippen LogP contribution < -0.4 is 10.0 Å². The van der Waals surface area contributed by atoms with Gasteiger partial charge in [-0.1, -0.05) is 0 Å². The molecule has 0 saturated heterocycles. The summed E-state index contributed by atoms with van der Waals surface area (Å²) in [6.45, 7) is 6.43. The highest BCUT2D eigenvalue weighted by Crippen LogP contribution is 2.18. The molecule has 6 heteroatoms. The summed E-state index contributed by atoms with van der Waals surface area (Å²) in [4.78, 5) is 0.286. The third kappa shape index (κ3) is 4.30. The van der Waals surface area contributed by atoms with Gasteiger partial charge in [0.25, 0.3) is 0 Å². The molecule has 114 valence electrons. The fraction of sp³-hybridized carbons (Fsp3) is 0.333. The molecule has 0 unspecified atom stereocenters. The van der Waals surface area contributed by atoms with Crippen molar-refractivity contribution in [2.45, 2.75) is 38.3 Å². The van der Waals surface area contributed by atoms with Gasteiger partial charge in [-0.2, -0.15) is 11.3 Å². The molecule has 0 bridgehead atoms. The Morgan fingerprint density at radius 3 is 2.33 bits per heavy atom. The minimum Gasteiger partial charge on any atom is -0.381 e. The number of hydrogen-bond donors (Lipinski definition) is 2. The van der Waals surface area contributed by atoms with Gasteiger partial charge in [0.2, 0.25) is 10.0 Å². The zero-order valence-electron chi connectivity index (χ0n) is 12.4. The molecule has 0 spiro atoms. The van der Waals surface area contributed by atoms with Crippen LogP contribution in [0.3, 0.4) is 0 Å². The first-order chi connectivity index (χ1) is 9.88. The molecule has 0 radical (unpaired) electrons. The van der Waals surface area contributed by atoms with E-state index in [4.69, 9.17) is 0 Å². The van der Waals surface area contributed by atoms with Crippen LogP contribution in [-0.4, -0.2) is 14.5 Å². The molecule has 2 aromatic rings. The highest BCUT2D eigenvalue weighted by molar-refractivity contribution is 7.89. The first-order valence-corrected chi connectivity index (χ1v) is 9.19. The smallest absolute Gasteiger partial charge is 0.240 e. The lowest BCUT2D eigenvalue weighted by molar-refractivity contribution is 0.570. The van der Waals surface area contributed by atoms with Crippen LogP contribution in [-0.2, 0) is 16.6 Å². The Bertz CT molecular complexity index is 689. The van der Waals surface area contributed by atoms with Crippen molar-refractivity contribution in [2.75, 3.05) is 5.32 Å². The summed E-state index contributed by atoms with van der Waals surface area (Å²) in [5.41, 5.74) is 3.44. The molecular weight excluding hydrogens is 304 g/mol. The highest BCUT2D eigenvalue weighted by Gasteiger charge is 2.14. The Balaban J connectivity index is 2.04. The maximum absolute atomic E-state index is 12.0. The summed E-state index contributed by atoms with van der Waals surface area (Å²) >= 11 is 1.69. The van der Waals surface area contributed by atoms with Crippen LogP contribution in [0.5, 0.6) is 0 Å². The van der Waals surface area contributed by atoms with Crippen molar-refractivity contribution in [1.29, 1.82) is 0 Å². The van der Waals surface area contributed by atoms with Gasteiger partial charge in [-0.15, -0.1) is 0 Å². The molecule has 0 atom stereocenters. The van der Waals surface area contributed by atoms with Crippen molar-refractivity contribution < 1.29 is 8.42 Å². The largest absolute Gasteiger partial charge is 0.381 e. The van der Waals surface area contributed by atoms with Crippen molar-refractivity contribution in [3.05, 3.63) is 46.2 Å². The molecule has 21 heavy (non-hydrogen) atoms. The molecule has 0 aliphatic heterocycles. The van der Waals surface area contributed by atoms with Gasteiger partial charge in [0.1, 0.15) is 0 Å². The number of anilines is 1. The lowest BCUT2D eigenvalue weighted by Crippen LogP contribution is -2.30. The van der Waals surface area contributed by atoms with E-state index < -0.39 is 10.0 Å². The summed E-state index contributed by atoms with van der Waals surface area (Å²) in [5, 5.41) is 7.53. The summed E-state index contributed by atoms with van der Waals surface area (Å²) < 4.78 is 26.6. The van der Waals surface area contributed by atoms with E-state index in [2.05, 4.69) is 27.7 Å². The minimum atomic E-state index is -3.42. The predicted octanol–water partition coefficient (Wildman–Crippen LogP) is 3.36. The molecule has 0 aliphatic carbocycles. The van der Waals surface area contributed by atoms with Gasteiger partial charge >= 0.3 is 0 Å². The quantitative estimate of drug-likeness (QED) is 0.856. The van der Waals surface area contributed by atoms with Gasteiger partial charge in [-0.3, -0.25) is 0 Å². The lowest BCUT2D eigenvalue weighted by atomic mass is 10.2. The molecule has 4 nitrogen and oxygen atoms in total. The van der Waals surface area contributed by atoms with Crippen LogP contribution in [0.2, 0.25) is 0 Å². The Hall–Kier alpha value is -1.37. The Morgan fingerprint density at radius 2 is 1.81 bits per heavy atom. The van der Waals surface area contributed by atoms with Gasteiger partial charge < -0.3 is 5.32 Å². The fourth-order valence-electron chi connectivity index (χ4n) is 1.90. The SMILES string of the molecule is Cc1cscc1CNc1ccc(S(=O)(=O)NC(C)C)cc1. The number of benzene rings is 1. The average Bonchev–Trinajstić information content (AvgIpc) is 2.81. The molecule has 1 aromatic carbocycles. The van der Waals surface area contributed by atoms with Crippen LogP contribution in [0.4, 0.5) is 5.69 Å². The van der Waals surface area contributed by atoms with Crippen molar-refractivity contribution >= 4 is 27.0 Å². The summed E-state index contributed by atoms with van der Waals surface area (Å²) in [6.07, 6.45) is 0. The van der Waals surface area contributed by atoms with E-state index in [9.17, 15) is 8.42 Å². The summed E-state index contributed by atoms with van der Waals surface area (Å²) in [6, 6.07) is 6.70. The van der Waals surface area contributed by atoms with Gasteiger partial charge in [-0.05, 0) is 66.9 Å². The Morgan fingerprint density at radius 1 is 1.14 bits per heavy atom. The number of aryl methyl sites for hydroxylation is 1. The van der Waals surface area contributed by atoms with Gasteiger partial charge in [-0.25, -0.2) is 13.1 Å². The molecular formula is C15H20N2O2S2. The van der Waals surface area contributed by atoms with E-state index in [0.29, 0.717) is 0 Å².